The van der Waals surface area contributed by atoms with Gasteiger partial charge < -0.3 is 19.5 Å². The van der Waals surface area contributed by atoms with Crippen molar-refractivity contribution in [3.63, 3.8) is 0 Å². The molecule has 2 aliphatic rings. The van der Waals surface area contributed by atoms with Crippen LogP contribution in [0.25, 0.3) is 0 Å². The van der Waals surface area contributed by atoms with Gasteiger partial charge in [-0.1, -0.05) is 0 Å². The maximum Gasteiger partial charge on any atom is 0.225 e. The highest BCUT2D eigenvalue weighted by Gasteiger charge is 2.22. The van der Waals surface area contributed by atoms with Gasteiger partial charge in [-0.15, -0.1) is 0 Å². The fraction of sp³-hybridized carbons (Fsp3) is 0.294. The molecule has 4 rings (SSSR count). The average molecular weight is 326 g/mol. The van der Waals surface area contributed by atoms with Crippen LogP contribution < -0.4 is 14.4 Å². The Balaban J connectivity index is 1.33. The number of anilines is 1. The number of nitrogens with zero attached hydrogens (tertiary/aromatic N) is 4. The summed E-state index contributed by atoms with van der Waals surface area (Å²) in [5, 5.41) is 9.45. The van der Waals surface area contributed by atoms with E-state index in [2.05, 4.69) is 19.8 Å². The van der Waals surface area contributed by atoms with Gasteiger partial charge in [0.15, 0.2) is 17.3 Å². The first-order valence-corrected chi connectivity index (χ1v) is 7.89. The van der Waals surface area contributed by atoms with Crippen molar-refractivity contribution >= 4 is 5.95 Å². The van der Waals surface area contributed by atoms with E-state index in [9.17, 15) is 5.11 Å². The highest BCUT2D eigenvalue weighted by Crippen LogP contribution is 2.35. The summed E-state index contributed by atoms with van der Waals surface area (Å²) in [7, 11) is 0. The zero-order chi connectivity index (χ0) is 16.4. The van der Waals surface area contributed by atoms with E-state index < -0.39 is 0 Å². The SMILES string of the molecule is Oc1ccc2c(c1)OC=C(CN1CCN(c3ncccn3)CC1)O2. The zero-order valence-corrected chi connectivity index (χ0v) is 13.1. The molecular formula is C17H18N4O3. The number of aromatic nitrogens is 2. The van der Waals surface area contributed by atoms with Gasteiger partial charge >= 0.3 is 0 Å². The number of hydrogen-bond donors (Lipinski definition) is 1. The summed E-state index contributed by atoms with van der Waals surface area (Å²) in [4.78, 5) is 13.1. The molecule has 0 spiro atoms. The lowest BCUT2D eigenvalue weighted by molar-refractivity contribution is 0.224. The monoisotopic (exact) mass is 326 g/mol. The van der Waals surface area contributed by atoms with Crippen LogP contribution in [-0.2, 0) is 0 Å². The molecule has 1 aromatic carbocycles. The highest BCUT2D eigenvalue weighted by atomic mass is 16.6. The van der Waals surface area contributed by atoms with Gasteiger partial charge in [0, 0.05) is 44.6 Å². The fourth-order valence-electron chi connectivity index (χ4n) is 2.82. The molecule has 1 saturated heterocycles. The molecular weight excluding hydrogens is 308 g/mol. The molecule has 7 heteroatoms. The van der Waals surface area contributed by atoms with Crippen molar-refractivity contribution in [1.82, 2.24) is 14.9 Å². The minimum absolute atomic E-state index is 0.161. The summed E-state index contributed by atoms with van der Waals surface area (Å²) >= 11 is 0. The third-order valence-corrected chi connectivity index (χ3v) is 4.07. The Bertz CT molecular complexity index is 743. The fourth-order valence-corrected chi connectivity index (χ4v) is 2.82. The highest BCUT2D eigenvalue weighted by molar-refractivity contribution is 5.47. The maximum atomic E-state index is 9.45. The molecule has 24 heavy (non-hydrogen) atoms. The van der Waals surface area contributed by atoms with Crippen LogP contribution in [0.1, 0.15) is 0 Å². The topological polar surface area (TPSA) is 71.0 Å². The molecule has 3 heterocycles. The quantitative estimate of drug-likeness (QED) is 0.919. The number of benzene rings is 1. The minimum Gasteiger partial charge on any atom is -0.508 e. The third kappa shape index (κ3) is 3.11. The Kier molecular flexibility index (Phi) is 3.92. The number of ether oxygens (including phenoxy) is 2. The lowest BCUT2D eigenvalue weighted by Crippen LogP contribution is -2.47. The van der Waals surface area contributed by atoms with Crippen LogP contribution in [0.5, 0.6) is 17.2 Å². The molecule has 0 bridgehead atoms. The van der Waals surface area contributed by atoms with Crippen LogP contribution >= 0.6 is 0 Å². The Morgan fingerprint density at radius 1 is 1.04 bits per heavy atom. The molecule has 0 radical (unpaired) electrons. The van der Waals surface area contributed by atoms with Gasteiger partial charge in [-0.25, -0.2) is 9.97 Å². The number of phenolic OH excluding ortho intramolecular Hbond substituents is 1. The summed E-state index contributed by atoms with van der Waals surface area (Å²) < 4.78 is 11.4. The summed E-state index contributed by atoms with van der Waals surface area (Å²) in [6.07, 6.45) is 5.14. The lowest BCUT2D eigenvalue weighted by atomic mass is 10.2. The molecule has 0 atom stereocenters. The van der Waals surface area contributed by atoms with Crippen LogP contribution in [0.3, 0.4) is 0 Å². The van der Waals surface area contributed by atoms with Crippen molar-refractivity contribution in [3.8, 4) is 17.2 Å². The van der Waals surface area contributed by atoms with Crippen molar-refractivity contribution in [2.45, 2.75) is 0 Å². The number of aromatic hydroxyl groups is 1. The first kappa shape index (κ1) is 14.8. The van der Waals surface area contributed by atoms with E-state index in [1.807, 2.05) is 6.07 Å². The van der Waals surface area contributed by atoms with Gasteiger partial charge in [0.05, 0.1) is 6.54 Å². The van der Waals surface area contributed by atoms with E-state index in [-0.39, 0.29) is 5.75 Å². The third-order valence-electron chi connectivity index (χ3n) is 4.07. The van der Waals surface area contributed by atoms with Crippen molar-refractivity contribution < 1.29 is 14.6 Å². The van der Waals surface area contributed by atoms with Crippen molar-refractivity contribution in [1.29, 1.82) is 0 Å². The molecule has 2 aromatic rings. The second-order valence-electron chi connectivity index (χ2n) is 5.75. The van der Waals surface area contributed by atoms with E-state index in [1.165, 1.54) is 0 Å². The molecule has 124 valence electrons. The normalized spacial score (nSPS) is 17.5. The van der Waals surface area contributed by atoms with Crippen molar-refractivity contribution in [2.75, 3.05) is 37.6 Å². The molecule has 0 unspecified atom stereocenters. The first-order valence-electron chi connectivity index (χ1n) is 7.89. The van der Waals surface area contributed by atoms with E-state index in [0.717, 1.165) is 37.9 Å². The van der Waals surface area contributed by atoms with Crippen molar-refractivity contribution in [3.05, 3.63) is 48.7 Å². The lowest BCUT2D eigenvalue weighted by Gasteiger charge is -2.35. The smallest absolute Gasteiger partial charge is 0.225 e. The molecule has 0 saturated carbocycles. The Morgan fingerprint density at radius 3 is 2.62 bits per heavy atom. The number of piperazine rings is 1. The summed E-state index contributed by atoms with van der Waals surface area (Å²) in [5.41, 5.74) is 0. The van der Waals surface area contributed by atoms with Crippen LogP contribution in [-0.4, -0.2) is 52.7 Å². The zero-order valence-electron chi connectivity index (χ0n) is 13.1. The Hall–Kier alpha value is -2.80. The van der Waals surface area contributed by atoms with Crippen LogP contribution in [0.2, 0.25) is 0 Å². The minimum atomic E-state index is 0.161. The predicted octanol–water partition coefficient (Wildman–Crippen LogP) is 1.62. The maximum absolute atomic E-state index is 9.45. The Labute approximate surface area is 139 Å². The van der Waals surface area contributed by atoms with Crippen LogP contribution in [0.15, 0.2) is 48.7 Å². The number of fused-ring (bicyclic) bond motifs is 1. The summed E-state index contributed by atoms with van der Waals surface area (Å²) in [6.45, 7) is 4.25. The van der Waals surface area contributed by atoms with Gasteiger partial charge in [-0.3, -0.25) is 4.90 Å². The van der Waals surface area contributed by atoms with Gasteiger partial charge in [0.25, 0.3) is 0 Å². The molecule has 0 aliphatic carbocycles. The van der Waals surface area contributed by atoms with E-state index in [1.54, 1.807) is 36.9 Å². The summed E-state index contributed by atoms with van der Waals surface area (Å²) in [6, 6.07) is 6.66. The van der Waals surface area contributed by atoms with Crippen molar-refractivity contribution in [2.24, 2.45) is 0 Å². The van der Waals surface area contributed by atoms with E-state index >= 15 is 0 Å². The van der Waals surface area contributed by atoms with Gasteiger partial charge in [-0.2, -0.15) is 0 Å². The second-order valence-corrected chi connectivity index (χ2v) is 5.75. The van der Waals surface area contributed by atoms with Gasteiger partial charge in [0.2, 0.25) is 5.95 Å². The molecule has 1 aromatic heterocycles. The van der Waals surface area contributed by atoms with Gasteiger partial charge in [-0.05, 0) is 18.2 Å². The van der Waals surface area contributed by atoms with E-state index in [0.29, 0.717) is 18.0 Å². The van der Waals surface area contributed by atoms with E-state index in [4.69, 9.17) is 9.47 Å². The average Bonchev–Trinajstić information content (AvgIpc) is 2.63. The standard InChI is InChI=1S/C17H18N4O3/c22-13-2-3-15-16(10-13)23-12-14(24-15)11-20-6-8-21(9-7-20)17-18-4-1-5-19-17/h1-5,10,12,22H,6-9,11H2. The molecule has 0 amide bonds. The number of phenols is 1. The summed E-state index contributed by atoms with van der Waals surface area (Å²) in [5.74, 6) is 2.86. The molecule has 2 aliphatic heterocycles. The first-order chi connectivity index (χ1) is 11.8. The number of rotatable bonds is 3. The second kappa shape index (κ2) is 6.37. The molecule has 7 nitrogen and oxygen atoms in total. The Morgan fingerprint density at radius 2 is 1.83 bits per heavy atom. The predicted molar refractivity (Wildman–Crippen MR) is 88.1 cm³/mol. The van der Waals surface area contributed by atoms with Crippen LogP contribution in [0, 0.1) is 0 Å². The number of hydrogen-bond acceptors (Lipinski definition) is 7. The van der Waals surface area contributed by atoms with Crippen LogP contribution in [0.4, 0.5) is 5.95 Å². The van der Waals surface area contributed by atoms with Gasteiger partial charge in [0.1, 0.15) is 12.0 Å². The molecule has 1 N–H and O–H groups in total. The largest absolute Gasteiger partial charge is 0.508 e. The molecule has 1 fully saturated rings.